The van der Waals surface area contributed by atoms with Gasteiger partial charge in [0.1, 0.15) is 11.6 Å². The minimum atomic E-state index is -0.316. The number of halogens is 1. The predicted octanol–water partition coefficient (Wildman–Crippen LogP) is 3.66. The normalized spacial score (nSPS) is 15.5. The van der Waals surface area contributed by atoms with Crippen LogP contribution < -0.4 is 0 Å². The van der Waals surface area contributed by atoms with Crippen molar-refractivity contribution in [1.29, 1.82) is 0 Å². The van der Waals surface area contributed by atoms with E-state index in [1.165, 1.54) is 11.8 Å². The van der Waals surface area contributed by atoms with Gasteiger partial charge >= 0.3 is 0 Å². The van der Waals surface area contributed by atoms with Crippen LogP contribution in [0.2, 0.25) is 0 Å². The topological polar surface area (TPSA) is 47.1 Å². The van der Waals surface area contributed by atoms with E-state index in [9.17, 15) is 4.39 Å². The lowest BCUT2D eigenvalue weighted by atomic mass is 10.1. The number of aromatic nitrogens is 3. The van der Waals surface area contributed by atoms with Gasteiger partial charge in [-0.1, -0.05) is 12.1 Å². The number of aryl methyl sites for hydroxylation is 3. The van der Waals surface area contributed by atoms with Crippen LogP contribution in [0.25, 0.3) is 11.5 Å². The highest BCUT2D eigenvalue weighted by Crippen LogP contribution is 2.28. The first-order valence-electron chi connectivity index (χ1n) is 8.47. The molecule has 1 aliphatic rings. The van der Waals surface area contributed by atoms with Gasteiger partial charge in [0, 0.05) is 25.3 Å². The minimum Gasteiger partial charge on any atom is -0.441 e. The number of oxazole rings is 1. The molecule has 1 saturated heterocycles. The maximum atomic E-state index is 13.9. The third-order valence-corrected chi connectivity index (χ3v) is 4.70. The molecule has 25 heavy (non-hydrogen) atoms. The van der Waals surface area contributed by atoms with Crippen molar-refractivity contribution < 1.29 is 8.81 Å². The lowest BCUT2D eigenvalue weighted by molar-refractivity contribution is 0.0877. The van der Waals surface area contributed by atoms with E-state index in [0.717, 1.165) is 30.2 Å². The second kappa shape index (κ2) is 6.11. The Morgan fingerprint density at radius 2 is 1.96 bits per heavy atom. The molecule has 0 atom stereocenters. The van der Waals surface area contributed by atoms with Gasteiger partial charge in [-0.25, -0.2) is 9.37 Å². The Labute approximate surface area is 146 Å². The molecule has 6 heteroatoms. The number of hydrogen-bond donors (Lipinski definition) is 0. The summed E-state index contributed by atoms with van der Waals surface area (Å²) < 4.78 is 21.7. The zero-order valence-electron chi connectivity index (χ0n) is 14.7. The number of hydrogen-bond acceptors (Lipinski definition) is 4. The molecule has 0 bridgehead atoms. The zero-order chi connectivity index (χ0) is 17.6. The van der Waals surface area contributed by atoms with Crippen molar-refractivity contribution in [3.8, 4) is 11.5 Å². The van der Waals surface area contributed by atoms with Gasteiger partial charge in [-0.05, 0) is 39.0 Å². The molecule has 0 N–H and O–H groups in total. The quantitative estimate of drug-likeness (QED) is 0.727. The van der Waals surface area contributed by atoms with E-state index in [1.54, 1.807) is 18.2 Å². The Morgan fingerprint density at radius 1 is 1.20 bits per heavy atom. The Hall–Kier alpha value is -2.47. The molecular weight excluding hydrogens is 319 g/mol. The fraction of sp³-hybridized carbons (Fsp3) is 0.368. The Balaban J connectivity index is 1.45. The number of rotatable bonds is 4. The average molecular weight is 340 g/mol. The van der Waals surface area contributed by atoms with Gasteiger partial charge in [0.05, 0.1) is 23.0 Å². The second-order valence-electron chi connectivity index (χ2n) is 6.72. The van der Waals surface area contributed by atoms with Gasteiger partial charge in [0.2, 0.25) is 5.89 Å². The van der Waals surface area contributed by atoms with Crippen LogP contribution in [0.15, 0.2) is 34.7 Å². The van der Waals surface area contributed by atoms with Crippen LogP contribution in [-0.4, -0.2) is 32.8 Å². The van der Waals surface area contributed by atoms with E-state index >= 15 is 0 Å². The average Bonchev–Trinajstić information content (AvgIpc) is 3.05. The summed E-state index contributed by atoms with van der Waals surface area (Å²) in [6, 6.07) is 9.06. The lowest BCUT2D eigenvalue weighted by Crippen LogP contribution is -2.47. The molecule has 0 aliphatic carbocycles. The SMILES string of the molecule is Cc1cc(C)n(C2CN(Cc3nc(-c4ccccc4F)oc3C)C2)n1. The molecule has 5 nitrogen and oxygen atoms in total. The van der Waals surface area contributed by atoms with Crippen molar-refractivity contribution in [2.45, 2.75) is 33.4 Å². The third-order valence-electron chi connectivity index (χ3n) is 4.70. The Bertz CT molecular complexity index is 908. The van der Waals surface area contributed by atoms with Crippen molar-refractivity contribution in [3.63, 3.8) is 0 Å². The van der Waals surface area contributed by atoms with Crippen molar-refractivity contribution in [2.24, 2.45) is 0 Å². The monoisotopic (exact) mass is 340 g/mol. The Morgan fingerprint density at radius 3 is 2.64 bits per heavy atom. The minimum absolute atomic E-state index is 0.316. The fourth-order valence-corrected chi connectivity index (χ4v) is 3.38. The van der Waals surface area contributed by atoms with Crippen molar-refractivity contribution in [2.75, 3.05) is 13.1 Å². The highest BCUT2D eigenvalue weighted by molar-refractivity contribution is 5.54. The summed E-state index contributed by atoms with van der Waals surface area (Å²) in [5, 5.41) is 4.56. The predicted molar refractivity (Wildman–Crippen MR) is 92.6 cm³/mol. The van der Waals surface area contributed by atoms with E-state index in [2.05, 4.69) is 32.7 Å². The van der Waals surface area contributed by atoms with E-state index in [1.807, 2.05) is 13.8 Å². The van der Waals surface area contributed by atoms with Crippen LogP contribution in [0, 0.1) is 26.6 Å². The highest BCUT2D eigenvalue weighted by atomic mass is 19.1. The smallest absolute Gasteiger partial charge is 0.229 e. The molecule has 1 aliphatic heterocycles. The van der Waals surface area contributed by atoms with Crippen molar-refractivity contribution >= 4 is 0 Å². The van der Waals surface area contributed by atoms with E-state index in [4.69, 9.17) is 4.42 Å². The van der Waals surface area contributed by atoms with Crippen LogP contribution in [0.5, 0.6) is 0 Å². The van der Waals surface area contributed by atoms with Gasteiger partial charge in [0.25, 0.3) is 0 Å². The van der Waals surface area contributed by atoms with Gasteiger partial charge in [-0.15, -0.1) is 0 Å². The molecule has 0 spiro atoms. The first-order valence-corrected chi connectivity index (χ1v) is 8.47. The fourth-order valence-electron chi connectivity index (χ4n) is 3.38. The van der Waals surface area contributed by atoms with Gasteiger partial charge in [-0.2, -0.15) is 5.10 Å². The van der Waals surface area contributed by atoms with Gasteiger partial charge in [-0.3, -0.25) is 9.58 Å². The summed E-state index contributed by atoms with van der Waals surface area (Å²) >= 11 is 0. The molecule has 3 aromatic rings. The summed E-state index contributed by atoms with van der Waals surface area (Å²) in [6.45, 7) is 8.56. The van der Waals surface area contributed by atoms with E-state index in [0.29, 0.717) is 24.0 Å². The van der Waals surface area contributed by atoms with Gasteiger partial charge in [0.15, 0.2) is 0 Å². The first-order chi connectivity index (χ1) is 12.0. The van der Waals surface area contributed by atoms with Crippen molar-refractivity contribution in [3.05, 3.63) is 59.0 Å². The molecule has 4 rings (SSSR count). The lowest BCUT2D eigenvalue weighted by Gasteiger charge is -2.39. The van der Waals surface area contributed by atoms with Crippen LogP contribution >= 0.6 is 0 Å². The Kier molecular flexibility index (Phi) is 3.92. The van der Waals surface area contributed by atoms with Crippen LogP contribution in [0.1, 0.15) is 28.9 Å². The number of likely N-dealkylation sites (tertiary alicyclic amines) is 1. The third kappa shape index (κ3) is 2.98. The van der Waals surface area contributed by atoms with E-state index < -0.39 is 0 Å². The zero-order valence-corrected chi connectivity index (χ0v) is 14.7. The first kappa shape index (κ1) is 16.0. The number of nitrogens with zero attached hydrogens (tertiary/aromatic N) is 4. The number of benzene rings is 1. The standard InChI is InChI=1S/C19H21FN4O/c1-12-8-13(2)24(22-12)15-9-23(10-15)11-18-14(3)25-19(21-18)16-6-4-5-7-17(16)20/h4-8,15H,9-11H2,1-3H3. The maximum absolute atomic E-state index is 13.9. The van der Waals surface area contributed by atoms with Crippen LogP contribution in [0.3, 0.4) is 0 Å². The molecule has 130 valence electrons. The summed E-state index contributed by atoms with van der Waals surface area (Å²) in [5.41, 5.74) is 3.52. The second-order valence-corrected chi connectivity index (χ2v) is 6.72. The molecule has 2 aromatic heterocycles. The van der Waals surface area contributed by atoms with Crippen LogP contribution in [-0.2, 0) is 6.54 Å². The molecule has 0 amide bonds. The largest absolute Gasteiger partial charge is 0.441 e. The molecule has 0 unspecified atom stereocenters. The molecular formula is C19H21FN4O. The summed E-state index contributed by atoms with van der Waals surface area (Å²) in [7, 11) is 0. The highest BCUT2D eigenvalue weighted by Gasteiger charge is 2.31. The summed E-state index contributed by atoms with van der Waals surface area (Å²) in [5.74, 6) is 0.776. The molecule has 0 radical (unpaired) electrons. The van der Waals surface area contributed by atoms with Crippen LogP contribution in [0.4, 0.5) is 4.39 Å². The molecule has 1 fully saturated rings. The molecule has 1 aromatic carbocycles. The molecule has 0 saturated carbocycles. The van der Waals surface area contributed by atoms with E-state index in [-0.39, 0.29) is 5.82 Å². The molecule has 3 heterocycles. The maximum Gasteiger partial charge on any atom is 0.229 e. The van der Waals surface area contributed by atoms with Crippen molar-refractivity contribution in [1.82, 2.24) is 19.7 Å². The summed E-state index contributed by atoms with van der Waals surface area (Å²) in [4.78, 5) is 6.81. The summed E-state index contributed by atoms with van der Waals surface area (Å²) in [6.07, 6.45) is 0. The van der Waals surface area contributed by atoms with Gasteiger partial charge < -0.3 is 4.42 Å².